The summed E-state index contributed by atoms with van der Waals surface area (Å²) < 4.78 is 1.66. The van der Waals surface area contributed by atoms with Crippen LogP contribution in [0.4, 0.5) is 5.69 Å². The summed E-state index contributed by atoms with van der Waals surface area (Å²) in [4.78, 5) is 15.0. The van der Waals surface area contributed by atoms with Crippen LogP contribution >= 0.6 is 24.8 Å². The van der Waals surface area contributed by atoms with E-state index in [4.69, 9.17) is 10.8 Å². The molecule has 0 fully saturated rings. The molecule has 7 heteroatoms. The number of aryl methyl sites for hydroxylation is 1. The Morgan fingerprint density at radius 1 is 1.44 bits per heavy atom. The Morgan fingerprint density at radius 2 is 2.06 bits per heavy atom. The van der Waals surface area contributed by atoms with E-state index in [0.29, 0.717) is 16.7 Å². The lowest BCUT2D eigenvalue weighted by Crippen LogP contribution is -2.01. The summed E-state index contributed by atoms with van der Waals surface area (Å²) in [6, 6.07) is 3.09. The average molecular weight is 264 g/mol. The Bertz CT molecular complexity index is 525. The maximum atomic E-state index is 10.9. The van der Waals surface area contributed by atoms with E-state index < -0.39 is 5.97 Å². The first kappa shape index (κ1) is 14.5. The van der Waals surface area contributed by atoms with Crippen LogP contribution in [-0.4, -0.2) is 20.6 Å². The van der Waals surface area contributed by atoms with Crippen molar-refractivity contribution in [1.29, 1.82) is 0 Å². The second-order valence-electron chi connectivity index (χ2n) is 3.10. The third-order valence-corrected chi connectivity index (χ3v) is 2.07. The van der Waals surface area contributed by atoms with E-state index in [9.17, 15) is 4.79 Å². The first-order valence-electron chi connectivity index (χ1n) is 4.03. The number of hydrogen-bond acceptors (Lipinski definition) is 3. The van der Waals surface area contributed by atoms with Gasteiger partial charge >= 0.3 is 5.97 Å². The minimum atomic E-state index is -0.995. The van der Waals surface area contributed by atoms with Crippen molar-refractivity contribution in [2.45, 2.75) is 0 Å². The van der Waals surface area contributed by atoms with Crippen molar-refractivity contribution in [2.75, 3.05) is 5.73 Å². The molecule has 0 bridgehead atoms. The Hall–Kier alpha value is -1.46. The fraction of sp³-hybridized carbons (Fsp3) is 0.111. The minimum absolute atomic E-state index is 0. The SMILES string of the molecule is Cl.Cl.Cn1cnc2cc(N)cc(C(=O)O)c21. The maximum absolute atomic E-state index is 10.9. The highest BCUT2D eigenvalue weighted by atomic mass is 35.5. The van der Waals surface area contributed by atoms with Gasteiger partial charge in [0.05, 0.1) is 22.9 Å². The van der Waals surface area contributed by atoms with Gasteiger partial charge in [0, 0.05) is 12.7 Å². The van der Waals surface area contributed by atoms with Crippen LogP contribution in [0.3, 0.4) is 0 Å². The number of imidazole rings is 1. The summed E-state index contributed by atoms with van der Waals surface area (Å²) in [6.07, 6.45) is 1.57. The quantitative estimate of drug-likeness (QED) is 0.768. The number of halogens is 2. The topological polar surface area (TPSA) is 81.1 Å². The highest BCUT2D eigenvalue weighted by Gasteiger charge is 2.12. The summed E-state index contributed by atoms with van der Waals surface area (Å²) in [6.45, 7) is 0. The van der Waals surface area contributed by atoms with E-state index in [2.05, 4.69) is 4.98 Å². The molecule has 0 radical (unpaired) electrons. The zero-order valence-corrected chi connectivity index (χ0v) is 10.0. The molecule has 0 aliphatic carbocycles. The number of nitrogens with two attached hydrogens (primary N) is 1. The molecule has 0 aliphatic heterocycles. The molecule has 2 rings (SSSR count). The smallest absolute Gasteiger partial charge is 0.337 e. The van der Waals surface area contributed by atoms with Gasteiger partial charge in [0.1, 0.15) is 0 Å². The maximum Gasteiger partial charge on any atom is 0.337 e. The number of aromatic carboxylic acids is 1. The van der Waals surface area contributed by atoms with Crippen LogP contribution in [0, 0.1) is 0 Å². The number of nitrogens with zero attached hydrogens (tertiary/aromatic N) is 2. The molecule has 5 nitrogen and oxygen atoms in total. The fourth-order valence-corrected chi connectivity index (χ4v) is 1.48. The van der Waals surface area contributed by atoms with Crippen LogP contribution < -0.4 is 5.73 Å². The van der Waals surface area contributed by atoms with Crippen molar-refractivity contribution in [3.8, 4) is 0 Å². The molecule has 0 spiro atoms. The first-order valence-corrected chi connectivity index (χ1v) is 4.03. The van der Waals surface area contributed by atoms with Crippen LogP contribution in [0.15, 0.2) is 18.5 Å². The molecule has 3 N–H and O–H groups in total. The van der Waals surface area contributed by atoms with Gasteiger partial charge in [-0.3, -0.25) is 0 Å². The number of benzene rings is 1. The van der Waals surface area contributed by atoms with Crippen LogP contribution in [0.25, 0.3) is 11.0 Å². The largest absolute Gasteiger partial charge is 0.478 e. The monoisotopic (exact) mass is 263 g/mol. The molecule has 88 valence electrons. The van der Waals surface area contributed by atoms with Crippen LogP contribution in [0.1, 0.15) is 10.4 Å². The van der Waals surface area contributed by atoms with Gasteiger partial charge in [-0.1, -0.05) is 0 Å². The fourth-order valence-electron chi connectivity index (χ4n) is 1.48. The molecule has 1 aromatic heterocycles. The molecule has 2 aromatic rings. The van der Waals surface area contributed by atoms with Gasteiger partial charge in [0.15, 0.2) is 0 Å². The number of carboxylic acids is 1. The predicted octanol–water partition coefficient (Wildman–Crippen LogP) is 1.70. The summed E-state index contributed by atoms with van der Waals surface area (Å²) in [5, 5.41) is 8.95. The highest BCUT2D eigenvalue weighted by Crippen LogP contribution is 2.20. The van der Waals surface area contributed by atoms with E-state index in [0.717, 1.165) is 0 Å². The molecule has 0 amide bonds. The number of carbonyl (C=O) groups is 1. The van der Waals surface area contributed by atoms with Gasteiger partial charge in [-0.15, -0.1) is 24.8 Å². The van der Waals surface area contributed by atoms with Gasteiger partial charge in [-0.2, -0.15) is 0 Å². The van der Waals surface area contributed by atoms with Crippen molar-refractivity contribution in [3.05, 3.63) is 24.0 Å². The van der Waals surface area contributed by atoms with Gasteiger partial charge < -0.3 is 15.4 Å². The standard InChI is InChI=1S/C9H9N3O2.2ClH/c1-12-4-11-7-3-5(10)2-6(8(7)12)9(13)14;;/h2-4H,10H2,1H3,(H,13,14);2*1H. The van der Waals surface area contributed by atoms with E-state index in [1.54, 1.807) is 24.0 Å². The van der Waals surface area contributed by atoms with E-state index in [-0.39, 0.29) is 30.4 Å². The number of fused-ring (bicyclic) bond motifs is 1. The second-order valence-corrected chi connectivity index (χ2v) is 3.10. The normalized spacial score (nSPS) is 9.31. The molecular weight excluding hydrogens is 253 g/mol. The van der Waals surface area contributed by atoms with Gasteiger partial charge in [0.25, 0.3) is 0 Å². The molecule has 0 atom stereocenters. The van der Waals surface area contributed by atoms with Crippen molar-refractivity contribution < 1.29 is 9.90 Å². The molecular formula is C9H11Cl2N3O2. The van der Waals surface area contributed by atoms with Gasteiger partial charge in [-0.25, -0.2) is 9.78 Å². The molecule has 0 aliphatic rings. The van der Waals surface area contributed by atoms with Crippen LogP contribution in [0.5, 0.6) is 0 Å². The zero-order chi connectivity index (χ0) is 10.3. The molecule has 0 saturated heterocycles. The number of rotatable bonds is 1. The van der Waals surface area contributed by atoms with Crippen molar-refractivity contribution in [2.24, 2.45) is 7.05 Å². The Morgan fingerprint density at radius 3 is 2.62 bits per heavy atom. The molecule has 0 unspecified atom stereocenters. The number of carboxylic acid groups (broad SMARTS) is 1. The lowest BCUT2D eigenvalue weighted by Gasteiger charge is -2.01. The number of aromatic nitrogens is 2. The van der Waals surface area contributed by atoms with E-state index >= 15 is 0 Å². The highest BCUT2D eigenvalue weighted by molar-refractivity contribution is 6.02. The Kier molecular flexibility index (Phi) is 4.59. The first-order chi connectivity index (χ1) is 6.59. The lowest BCUT2D eigenvalue weighted by molar-refractivity contribution is 0.0698. The number of nitrogen functional groups attached to an aromatic ring is 1. The minimum Gasteiger partial charge on any atom is -0.478 e. The third-order valence-electron chi connectivity index (χ3n) is 2.07. The van der Waals surface area contributed by atoms with Gasteiger partial charge in [-0.05, 0) is 12.1 Å². The van der Waals surface area contributed by atoms with Crippen molar-refractivity contribution in [3.63, 3.8) is 0 Å². The summed E-state index contributed by atoms with van der Waals surface area (Å²) in [5.41, 5.74) is 7.34. The molecule has 0 saturated carbocycles. The molecule has 1 aromatic carbocycles. The van der Waals surface area contributed by atoms with E-state index in [1.165, 1.54) is 6.07 Å². The van der Waals surface area contributed by atoms with Crippen molar-refractivity contribution >= 4 is 47.5 Å². The number of hydrogen-bond donors (Lipinski definition) is 2. The third kappa shape index (κ3) is 2.20. The number of anilines is 1. The summed E-state index contributed by atoms with van der Waals surface area (Å²) >= 11 is 0. The lowest BCUT2D eigenvalue weighted by atomic mass is 10.1. The van der Waals surface area contributed by atoms with Crippen LogP contribution in [-0.2, 0) is 7.05 Å². The zero-order valence-electron chi connectivity index (χ0n) is 8.38. The predicted molar refractivity (Wildman–Crippen MR) is 66.6 cm³/mol. The summed E-state index contributed by atoms with van der Waals surface area (Å²) in [5.74, 6) is -0.995. The molecule has 16 heavy (non-hydrogen) atoms. The van der Waals surface area contributed by atoms with Crippen molar-refractivity contribution in [1.82, 2.24) is 9.55 Å². The Labute approximate surface area is 104 Å². The van der Waals surface area contributed by atoms with Crippen LogP contribution in [0.2, 0.25) is 0 Å². The molecule has 1 heterocycles. The Balaban J connectivity index is 0.00000112. The van der Waals surface area contributed by atoms with Gasteiger partial charge in [0.2, 0.25) is 0 Å². The summed E-state index contributed by atoms with van der Waals surface area (Å²) in [7, 11) is 1.75. The van der Waals surface area contributed by atoms with E-state index in [1.807, 2.05) is 0 Å². The average Bonchev–Trinajstić information content (AvgIpc) is 2.46. The second kappa shape index (κ2) is 5.05.